The Morgan fingerprint density at radius 3 is 2.63 bits per heavy atom. The molecule has 19 heavy (non-hydrogen) atoms. The van der Waals surface area contributed by atoms with Gasteiger partial charge in [-0.25, -0.2) is 0 Å². The summed E-state index contributed by atoms with van der Waals surface area (Å²) < 4.78 is 0. The van der Waals surface area contributed by atoms with Crippen molar-refractivity contribution in [2.24, 2.45) is 0 Å². The van der Waals surface area contributed by atoms with Gasteiger partial charge in [-0.05, 0) is 30.2 Å². The molecule has 0 saturated carbocycles. The number of nitrogens with two attached hydrogens (primary N) is 1. The van der Waals surface area contributed by atoms with Gasteiger partial charge >= 0.3 is 0 Å². The molecule has 0 unspecified atom stereocenters. The summed E-state index contributed by atoms with van der Waals surface area (Å²) in [7, 11) is 0. The first-order chi connectivity index (χ1) is 9.11. The third-order valence-corrected chi connectivity index (χ3v) is 2.90. The van der Waals surface area contributed by atoms with Gasteiger partial charge in [0.2, 0.25) is 0 Å². The Balaban J connectivity index is 2.29. The molecular formula is C14H15N3O2. The third-order valence-electron chi connectivity index (χ3n) is 2.90. The number of nitrogens with one attached hydrogen (secondary N) is 1. The number of para-hydroxylation sites is 1. The van der Waals surface area contributed by atoms with Crippen LogP contribution >= 0.6 is 0 Å². The summed E-state index contributed by atoms with van der Waals surface area (Å²) in [6, 6.07) is 12.6. The maximum Gasteiger partial charge on any atom is 0.292 e. The number of aryl methyl sites for hydroxylation is 1. The van der Waals surface area contributed by atoms with E-state index in [1.165, 1.54) is 11.6 Å². The molecule has 2 aromatic rings. The summed E-state index contributed by atoms with van der Waals surface area (Å²) in [5, 5.41) is 13.9. The highest BCUT2D eigenvalue weighted by Gasteiger charge is 2.11. The second-order valence-corrected chi connectivity index (χ2v) is 4.17. The Kier molecular flexibility index (Phi) is 3.66. The van der Waals surface area contributed by atoms with Gasteiger partial charge in [0.15, 0.2) is 0 Å². The number of nitro benzene ring substituents is 1. The van der Waals surface area contributed by atoms with Crippen LogP contribution in [0.3, 0.4) is 0 Å². The van der Waals surface area contributed by atoms with Crippen molar-refractivity contribution < 1.29 is 4.92 Å². The maximum atomic E-state index is 10.7. The van der Waals surface area contributed by atoms with Gasteiger partial charge in [0, 0.05) is 17.4 Å². The summed E-state index contributed by atoms with van der Waals surface area (Å²) in [6.45, 7) is 2.07. The first kappa shape index (κ1) is 12.9. The maximum absolute atomic E-state index is 10.7. The SMILES string of the molecule is CCc1ccccc1Nc1ccc([N+](=O)[O-])c(N)c1. The highest BCUT2D eigenvalue weighted by Crippen LogP contribution is 2.27. The molecule has 0 amide bonds. The van der Waals surface area contributed by atoms with E-state index in [-0.39, 0.29) is 11.4 Å². The Morgan fingerprint density at radius 1 is 1.26 bits per heavy atom. The molecule has 0 aliphatic carbocycles. The van der Waals surface area contributed by atoms with Gasteiger partial charge in [-0.3, -0.25) is 10.1 Å². The zero-order chi connectivity index (χ0) is 13.8. The Hall–Kier alpha value is -2.56. The van der Waals surface area contributed by atoms with E-state index in [2.05, 4.69) is 12.2 Å². The minimum absolute atomic E-state index is 0.0747. The molecule has 0 heterocycles. The second kappa shape index (κ2) is 5.39. The van der Waals surface area contributed by atoms with Crippen LogP contribution in [0.4, 0.5) is 22.7 Å². The number of rotatable bonds is 4. The number of anilines is 3. The lowest BCUT2D eigenvalue weighted by molar-refractivity contribution is -0.383. The van der Waals surface area contributed by atoms with E-state index in [4.69, 9.17) is 5.73 Å². The minimum Gasteiger partial charge on any atom is -0.393 e. The van der Waals surface area contributed by atoms with E-state index in [0.29, 0.717) is 0 Å². The average molecular weight is 257 g/mol. The van der Waals surface area contributed by atoms with E-state index in [0.717, 1.165) is 17.8 Å². The number of benzene rings is 2. The van der Waals surface area contributed by atoms with E-state index in [9.17, 15) is 10.1 Å². The monoisotopic (exact) mass is 257 g/mol. The van der Waals surface area contributed by atoms with Crippen molar-refractivity contribution in [3.63, 3.8) is 0 Å². The van der Waals surface area contributed by atoms with Crippen LogP contribution in [0.5, 0.6) is 0 Å². The first-order valence-corrected chi connectivity index (χ1v) is 6.00. The molecule has 3 N–H and O–H groups in total. The fourth-order valence-corrected chi connectivity index (χ4v) is 1.90. The molecule has 2 aromatic carbocycles. The molecule has 2 rings (SSSR count). The molecule has 5 nitrogen and oxygen atoms in total. The van der Waals surface area contributed by atoms with E-state index in [1.807, 2.05) is 24.3 Å². The number of hydrogen-bond acceptors (Lipinski definition) is 4. The highest BCUT2D eigenvalue weighted by molar-refractivity contribution is 5.71. The second-order valence-electron chi connectivity index (χ2n) is 4.17. The minimum atomic E-state index is -0.487. The summed E-state index contributed by atoms with van der Waals surface area (Å²) in [4.78, 5) is 10.2. The molecule has 5 heteroatoms. The molecule has 0 fully saturated rings. The van der Waals surface area contributed by atoms with Gasteiger partial charge in [-0.15, -0.1) is 0 Å². The number of nitrogens with zero attached hydrogens (tertiary/aromatic N) is 1. The molecule has 0 aliphatic rings. The van der Waals surface area contributed by atoms with Gasteiger partial charge in [-0.2, -0.15) is 0 Å². The average Bonchev–Trinajstić information content (AvgIpc) is 2.39. The number of nitro groups is 1. The Labute approximate surface area is 111 Å². The normalized spacial score (nSPS) is 10.2. The lowest BCUT2D eigenvalue weighted by Crippen LogP contribution is -1.99. The highest BCUT2D eigenvalue weighted by atomic mass is 16.6. The van der Waals surface area contributed by atoms with Crippen LogP contribution in [0.15, 0.2) is 42.5 Å². The molecule has 0 spiro atoms. The molecule has 0 saturated heterocycles. The molecule has 0 atom stereocenters. The standard InChI is InChI=1S/C14H15N3O2/c1-2-10-5-3-4-6-13(10)16-11-7-8-14(17(18)19)12(15)9-11/h3-9,16H,2,15H2,1H3. The van der Waals surface area contributed by atoms with Gasteiger partial charge in [0.1, 0.15) is 5.69 Å². The lowest BCUT2D eigenvalue weighted by Gasteiger charge is -2.11. The van der Waals surface area contributed by atoms with Crippen LogP contribution in [0.2, 0.25) is 0 Å². The molecular weight excluding hydrogens is 242 g/mol. The Morgan fingerprint density at radius 2 is 2.00 bits per heavy atom. The molecule has 98 valence electrons. The third kappa shape index (κ3) is 2.82. The van der Waals surface area contributed by atoms with Crippen LogP contribution in [0, 0.1) is 10.1 Å². The molecule has 0 radical (unpaired) electrons. The van der Waals surface area contributed by atoms with Crippen molar-refractivity contribution >= 4 is 22.7 Å². The smallest absolute Gasteiger partial charge is 0.292 e. The van der Waals surface area contributed by atoms with Crippen LogP contribution < -0.4 is 11.1 Å². The van der Waals surface area contributed by atoms with Crippen molar-refractivity contribution in [2.45, 2.75) is 13.3 Å². The predicted molar refractivity (Wildman–Crippen MR) is 76.6 cm³/mol. The predicted octanol–water partition coefficient (Wildman–Crippen LogP) is 3.48. The topological polar surface area (TPSA) is 81.2 Å². The largest absolute Gasteiger partial charge is 0.393 e. The summed E-state index contributed by atoms with van der Waals surface area (Å²) >= 11 is 0. The van der Waals surface area contributed by atoms with E-state index in [1.54, 1.807) is 12.1 Å². The number of nitrogen functional groups attached to an aromatic ring is 1. The van der Waals surface area contributed by atoms with Crippen molar-refractivity contribution in [1.29, 1.82) is 0 Å². The van der Waals surface area contributed by atoms with Gasteiger partial charge in [0.05, 0.1) is 4.92 Å². The quantitative estimate of drug-likeness (QED) is 0.499. The van der Waals surface area contributed by atoms with Crippen LogP contribution in [-0.4, -0.2) is 4.92 Å². The molecule has 0 aliphatic heterocycles. The van der Waals surface area contributed by atoms with Crippen molar-refractivity contribution in [3.8, 4) is 0 Å². The Bertz CT molecular complexity index is 611. The van der Waals surface area contributed by atoms with Crippen molar-refractivity contribution in [3.05, 3.63) is 58.1 Å². The fraction of sp³-hybridized carbons (Fsp3) is 0.143. The molecule has 0 bridgehead atoms. The van der Waals surface area contributed by atoms with Crippen LogP contribution in [-0.2, 0) is 6.42 Å². The fourth-order valence-electron chi connectivity index (χ4n) is 1.90. The summed E-state index contributed by atoms with van der Waals surface area (Å²) in [5.41, 5.74) is 8.65. The van der Waals surface area contributed by atoms with Gasteiger partial charge < -0.3 is 11.1 Å². The molecule has 0 aromatic heterocycles. The lowest BCUT2D eigenvalue weighted by atomic mass is 10.1. The number of hydrogen-bond donors (Lipinski definition) is 2. The van der Waals surface area contributed by atoms with Gasteiger partial charge in [-0.1, -0.05) is 25.1 Å². The summed E-state index contributed by atoms with van der Waals surface area (Å²) in [6.07, 6.45) is 0.908. The van der Waals surface area contributed by atoms with E-state index < -0.39 is 4.92 Å². The van der Waals surface area contributed by atoms with Crippen LogP contribution in [0.25, 0.3) is 0 Å². The first-order valence-electron chi connectivity index (χ1n) is 6.00. The zero-order valence-electron chi connectivity index (χ0n) is 10.6. The van der Waals surface area contributed by atoms with Crippen LogP contribution in [0.1, 0.15) is 12.5 Å². The summed E-state index contributed by atoms with van der Waals surface area (Å²) in [5.74, 6) is 0. The van der Waals surface area contributed by atoms with Gasteiger partial charge in [0.25, 0.3) is 5.69 Å². The van der Waals surface area contributed by atoms with E-state index >= 15 is 0 Å². The van der Waals surface area contributed by atoms with Crippen molar-refractivity contribution in [1.82, 2.24) is 0 Å². The zero-order valence-corrected chi connectivity index (χ0v) is 10.6. The van der Waals surface area contributed by atoms with Crippen molar-refractivity contribution in [2.75, 3.05) is 11.1 Å².